The van der Waals surface area contributed by atoms with Crippen LogP contribution < -0.4 is 10.1 Å². The molecular weight excluding hydrogens is 491 g/mol. The number of thioether (sulfide) groups is 1. The molecule has 2 amide bonds. The molecule has 0 heterocycles. The zero-order chi connectivity index (χ0) is 24.5. The molecule has 184 valence electrons. The number of hydrogen-bond donors (Lipinski definition) is 1. The fourth-order valence-electron chi connectivity index (χ4n) is 4.05. The third-order valence-corrected chi connectivity index (χ3v) is 7.84. The van der Waals surface area contributed by atoms with E-state index in [-0.39, 0.29) is 23.6 Å². The second-order valence-corrected chi connectivity index (χ2v) is 10.4. The zero-order valence-electron chi connectivity index (χ0n) is 19.7. The van der Waals surface area contributed by atoms with Gasteiger partial charge in [0.2, 0.25) is 11.8 Å². The average molecular weight is 524 g/mol. The van der Waals surface area contributed by atoms with Gasteiger partial charge in [-0.2, -0.15) is 0 Å². The van der Waals surface area contributed by atoms with Crippen LogP contribution in [-0.4, -0.2) is 41.7 Å². The Morgan fingerprint density at radius 1 is 1.06 bits per heavy atom. The molecule has 0 saturated heterocycles. The Hall–Kier alpha value is -1.89. The lowest BCUT2D eigenvalue weighted by Gasteiger charge is -2.31. The Morgan fingerprint density at radius 3 is 2.38 bits per heavy atom. The molecule has 0 aliphatic heterocycles. The first-order valence-corrected chi connectivity index (χ1v) is 13.5. The van der Waals surface area contributed by atoms with Crippen molar-refractivity contribution in [3.63, 3.8) is 0 Å². The van der Waals surface area contributed by atoms with Gasteiger partial charge in [-0.15, -0.1) is 11.8 Å². The van der Waals surface area contributed by atoms with Gasteiger partial charge in [0, 0.05) is 18.3 Å². The van der Waals surface area contributed by atoms with Crippen LogP contribution in [0.25, 0.3) is 0 Å². The van der Waals surface area contributed by atoms with Crippen molar-refractivity contribution in [1.82, 2.24) is 10.2 Å². The summed E-state index contributed by atoms with van der Waals surface area (Å²) in [6.07, 6.45) is 5.51. The predicted molar refractivity (Wildman–Crippen MR) is 141 cm³/mol. The van der Waals surface area contributed by atoms with E-state index in [4.69, 9.17) is 27.9 Å². The van der Waals surface area contributed by atoms with Crippen molar-refractivity contribution in [3.05, 3.63) is 63.6 Å². The summed E-state index contributed by atoms with van der Waals surface area (Å²) in [5, 5.41) is 4.17. The zero-order valence-corrected chi connectivity index (χ0v) is 22.0. The van der Waals surface area contributed by atoms with Crippen molar-refractivity contribution < 1.29 is 14.3 Å². The summed E-state index contributed by atoms with van der Waals surface area (Å²) >= 11 is 13.6. The van der Waals surface area contributed by atoms with E-state index in [9.17, 15) is 9.59 Å². The Bertz CT molecular complexity index is 965. The highest BCUT2D eigenvalue weighted by Gasteiger charge is 2.28. The fraction of sp³-hybridized carbons (Fsp3) is 0.462. The number of halogens is 2. The molecule has 5 nitrogen and oxygen atoms in total. The molecule has 0 aromatic heterocycles. The van der Waals surface area contributed by atoms with Gasteiger partial charge in [0.25, 0.3) is 0 Å². The molecule has 1 aliphatic carbocycles. The van der Waals surface area contributed by atoms with Gasteiger partial charge in [-0.05, 0) is 55.2 Å². The lowest BCUT2D eigenvalue weighted by atomic mass is 9.95. The first-order chi connectivity index (χ1) is 16.4. The van der Waals surface area contributed by atoms with Gasteiger partial charge < -0.3 is 15.0 Å². The standard InChI is InChI=1S/C26H32Cl2N2O3S/c1-18(26(32)29-21-6-4-3-5-7-21)30(15-19-8-11-22(33-2)12-9-19)25(31)17-34-16-20-10-13-23(27)24(28)14-20/h8-14,18,21H,3-7,15-17H2,1-2H3,(H,29,32)/t18-/m1/s1. The number of amides is 2. The third-order valence-electron chi connectivity index (χ3n) is 6.11. The van der Waals surface area contributed by atoms with Crippen LogP contribution in [0.3, 0.4) is 0 Å². The number of methoxy groups -OCH3 is 1. The van der Waals surface area contributed by atoms with E-state index in [0.29, 0.717) is 22.3 Å². The van der Waals surface area contributed by atoms with E-state index >= 15 is 0 Å². The van der Waals surface area contributed by atoms with Crippen LogP contribution in [0.5, 0.6) is 5.75 Å². The molecule has 1 fully saturated rings. The highest BCUT2D eigenvalue weighted by molar-refractivity contribution is 7.99. The van der Waals surface area contributed by atoms with Crippen LogP contribution in [0.1, 0.15) is 50.2 Å². The maximum absolute atomic E-state index is 13.3. The Balaban J connectivity index is 1.66. The summed E-state index contributed by atoms with van der Waals surface area (Å²) in [5.41, 5.74) is 1.94. The van der Waals surface area contributed by atoms with Gasteiger partial charge in [-0.1, -0.05) is 60.7 Å². The monoisotopic (exact) mass is 522 g/mol. The summed E-state index contributed by atoms with van der Waals surface area (Å²) in [6, 6.07) is 12.7. The van der Waals surface area contributed by atoms with Crippen molar-refractivity contribution in [1.29, 1.82) is 0 Å². The number of nitrogens with zero attached hydrogens (tertiary/aromatic N) is 1. The van der Waals surface area contributed by atoms with Crippen LogP contribution in [0.15, 0.2) is 42.5 Å². The third kappa shape index (κ3) is 7.82. The molecule has 3 rings (SSSR count). The fourth-order valence-corrected chi connectivity index (χ4v) is 5.23. The number of hydrogen-bond acceptors (Lipinski definition) is 4. The van der Waals surface area contributed by atoms with Crippen molar-refractivity contribution in [2.45, 2.75) is 63.4 Å². The molecular formula is C26H32Cl2N2O3S. The van der Waals surface area contributed by atoms with Crippen LogP contribution in [-0.2, 0) is 21.9 Å². The summed E-state index contributed by atoms with van der Waals surface area (Å²) in [6.45, 7) is 2.17. The van der Waals surface area contributed by atoms with Crippen molar-refractivity contribution in [2.24, 2.45) is 0 Å². The first kappa shape index (κ1) is 26.7. The normalized spacial score (nSPS) is 14.9. The molecule has 1 N–H and O–H groups in total. The molecule has 1 atom stereocenters. The van der Waals surface area contributed by atoms with Crippen LogP contribution in [0.4, 0.5) is 0 Å². The molecule has 34 heavy (non-hydrogen) atoms. The largest absolute Gasteiger partial charge is 0.497 e. The van der Waals surface area contributed by atoms with Gasteiger partial charge >= 0.3 is 0 Å². The Labute approximate surface area is 216 Å². The van der Waals surface area contributed by atoms with Gasteiger partial charge in [0.05, 0.1) is 22.9 Å². The molecule has 1 aliphatic rings. The van der Waals surface area contributed by atoms with E-state index in [0.717, 1.165) is 42.6 Å². The summed E-state index contributed by atoms with van der Waals surface area (Å²) in [4.78, 5) is 28.0. The second-order valence-electron chi connectivity index (χ2n) is 8.63. The van der Waals surface area contributed by atoms with Crippen LogP contribution in [0.2, 0.25) is 10.0 Å². The maximum atomic E-state index is 13.3. The molecule has 0 bridgehead atoms. The minimum atomic E-state index is -0.567. The molecule has 0 unspecified atom stereocenters. The lowest BCUT2D eigenvalue weighted by molar-refractivity contribution is -0.139. The first-order valence-electron chi connectivity index (χ1n) is 11.6. The van der Waals surface area contributed by atoms with Gasteiger partial charge in [0.1, 0.15) is 11.8 Å². The van der Waals surface area contributed by atoms with Gasteiger partial charge in [0.15, 0.2) is 0 Å². The summed E-state index contributed by atoms with van der Waals surface area (Å²) in [5.74, 6) is 1.47. The van der Waals surface area contributed by atoms with Crippen molar-refractivity contribution >= 4 is 46.8 Å². The summed E-state index contributed by atoms with van der Waals surface area (Å²) in [7, 11) is 1.62. The quantitative estimate of drug-likeness (QED) is 0.409. The number of rotatable bonds is 10. The van der Waals surface area contributed by atoms with Crippen molar-refractivity contribution in [2.75, 3.05) is 12.9 Å². The van der Waals surface area contributed by atoms with E-state index in [1.165, 1.54) is 18.2 Å². The Morgan fingerprint density at radius 2 is 1.74 bits per heavy atom. The van der Waals surface area contributed by atoms with E-state index in [1.807, 2.05) is 43.3 Å². The molecule has 0 spiro atoms. The second kappa shape index (κ2) is 13.3. The topological polar surface area (TPSA) is 58.6 Å². The summed E-state index contributed by atoms with van der Waals surface area (Å²) < 4.78 is 5.24. The van der Waals surface area contributed by atoms with Crippen LogP contribution in [0, 0.1) is 0 Å². The predicted octanol–water partition coefficient (Wildman–Crippen LogP) is 6.10. The van der Waals surface area contributed by atoms with E-state index < -0.39 is 6.04 Å². The SMILES string of the molecule is COc1ccc(CN(C(=O)CSCc2ccc(Cl)c(Cl)c2)[C@H](C)C(=O)NC2CCCCC2)cc1. The molecule has 2 aromatic rings. The number of ether oxygens (including phenoxy) is 1. The smallest absolute Gasteiger partial charge is 0.242 e. The Kier molecular flexibility index (Phi) is 10.4. The van der Waals surface area contributed by atoms with Crippen LogP contribution >= 0.6 is 35.0 Å². The molecule has 8 heteroatoms. The number of benzene rings is 2. The molecule has 2 aromatic carbocycles. The number of nitrogens with one attached hydrogen (secondary N) is 1. The van der Waals surface area contributed by atoms with Gasteiger partial charge in [-0.25, -0.2) is 0 Å². The maximum Gasteiger partial charge on any atom is 0.242 e. The molecule has 1 saturated carbocycles. The highest BCUT2D eigenvalue weighted by atomic mass is 35.5. The highest BCUT2D eigenvalue weighted by Crippen LogP contribution is 2.25. The minimum Gasteiger partial charge on any atom is -0.497 e. The van der Waals surface area contributed by atoms with E-state index in [2.05, 4.69) is 5.32 Å². The number of carbonyl (C=O) groups excluding carboxylic acids is 2. The molecule has 0 radical (unpaired) electrons. The minimum absolute atomic E-state index is 0.0767. The van der Waals surface area contributed by atoms with Gasteiger partial charge in [-0.3, -0.25) is 9.59 Å². The lowest BCUT2D eigenvalue weighted by Crippen LogP contribution is -2.50. The average Bonchev–Trinajstić information content (AvgIpc) is 2.85. The van der Waals surface area contributed by atoms with Crippen molar-refractivity contribution in [3.8, 4) is 5.75 Å². The van der Waals surface area contributed by atoms with E-state index in [1.54, 1.807) is 18.1 Å². The number of carbonyl (C=O) groups is 2.